The number of nitrogens with two attached hydrogens (primary N) is 1. The van der Waals surface area contributed by atoms with Crippen LogP contribution < -0.4 is 11.1 Å². The van der Waals surface area contributed by atoms with Gasteiger partial charge in [-0.05, 0) is 12.1 Å². The molecule has 0 aliphatic carbocycles. The molecular formula is C16H12N4O3. The zero-order valence-corrected chi connectivity index (χ0v) is 11.9. The van der Waals surface area contributed by atoms with Crippen LogP contribution in [0.3, 0.4) is 0 Å². The van der Waals surface area contributed by atoms with E-state index in [-0.39, 0.29) is 17.3 Å². The molecule has 0 bridgehead atoms. The number of nitrogens with one attached hydrogen (secondary N) is 1. The van der Waals surface area contributed by atoms with E-state index in [1.165, 1.54) is 24.6 Å². The number of oxazole rings is 1. The lowest BCUT2D eigenvalue weighted by atomic mass is 10.2. The Morgan fingerprint density at radius 2 is 1.91 bits per heavy atom. The fourth-order valence-corrected chi connectivity index (χ4v) is 1.94. The zero-order chi connectivity index (χ0) is 16.2. The van der Waals surface area contributed by atoms with Crippen LogP contribution in [0.4, 0.5) is 6.01 Å². The summed E-state index contributed by atoms with van der Waals surface area (Å²) in [6.07, 6.45) is 2.78. The number of benzene rings is 1. The minimum atomic E-state index is -0.635. The molecule has 1 aromatic carbocycles. The molecule has 23 heavy (non-hydrogen) atoms. The second-order valence-electron chi connectivity index (χ2n) is 4.65. The summed E-state index contributed by atoms with van der Waals surface area (Å²) in [7, 11) is 0. The third kappa shape index (κ3) is 3.24. The highest BCUT2D eigenvalue weighted by Gasteiger charge is 2.14. The third-order valence-corrected chi connectivity index (χ3v) is 3.07. The van der Waals surface area contributed by atoms with E-state index in [1.54, 1.807) is 0 Å². The summed E-state index contributed by atoms with van der Waals surface area (Å²) < 4.78 is 5.23. The average Bonchev–Trinajstić information content (AvgIpc) is 3.04. The highest BCUT2D eigenvalue weighted by atomic mass is 16.4. The number of anilines is 1. The molecule has 7 heteroatoms. The van der Waals surface area contributed by atoms with Gasteiger partial charge in [0.1, 0.15) is 17.7 Å². The largest absolute Gasteiger partial charge is 0.431 e. The molecule has 0 saturated carbocycles. The first-order valence-corrected chi connectivity index (χ1v) is 6.71. The van der Waals surface area contributed by atoms with E-state index >= 15 is 0 Å². The van der Waals surface area contributed by atoms with Gasteiger partial charge in [-0.1, -0.05) is 30.3 Å². The van der Waals surface area contributed by atoms with Gasteiger partial charge in [-0.25, -0.2) is 0 Å². The Bertz CT molecular complexity index is 859. The average molecular weight is 308 g/mol. The first kappa shape index (κ1) is 14.5. The predicted octanol–water partition coefficient (Wildman–Crippen LogP) is 2.09. The SMILES string of the molecule is NC(=O)c1ccnc(C(=O)Nc2nc(-c3ccccc3)co2)c1. The van der Waals surface area contributed by atoms with Gasteiger partial charge in [0.15, 0.2) is 0 Å². The second-order valence-corrected chi connectivity index (χ2v) is 4.65. The van der Waals surface area contributed by atoms with Crippen molar-refractivity contribution in [1.82, 2.24) is 9.97 Å². The maximum atomic E-state index is 12.1. The Morgan fingerprint density at radius 1 is 1.13 bits per heavy atom. The van der Waals surface area contributed by atoms with Crippen molar-refractivity contribution in [2.75, 3.05) is 5.32 Å². The van der Waals surface area contributed by atoms with Crippen LogP contribution in [0.25, 0.3) is 11.3 Å². The van der Waals surface area contributed by atoms with Crippen molar-refractivity contribution in [3.05, 3.63) is 66.2 Å². The Kier molecular flexibility index (Phi) is 3.84. The summed E-state index contributed by atoms with van der Waals surface area (Å²) in [5, 5.41) is 2.48. The fourth-order valence-electron chi connectivity index (χ4n) is 1.94. The first-order chi connectivity index (χ1) is 11.1. The summed E-state index contributed by atoms with van der Waals surface area (Å²) in [4.78, 5) is 31.3. The van der Waals surface area contributed by atoms with E-state index in [2.05, 4.69) is 15.3 Å². The summed E-state index contributed by atoms with van der Waals surface area (Å²) in [6, 6.07) is 12.2. The van der Waals surface area contributed by atoms with E-state index in [0.29, 0.717) is 5.69 Å². The Balaban J connectivity index is 1.77. The molecule has 0 aliphatic rings. The number of carbonyl (C=O) groups is 2. The molecule has 0 saturated heterocycles. The van der Waals surface area contributed by atoms with Crippen LogP contribution in [-0.4, -0.2) is 21.8 Å². The predicted molar refractivity (Wildman–Crippen MR) is 82.6 cm³/mol. The van der Waals surface area contributed by atoms with Gasteiger partial charge in [0.25, 0.3) is 5.91 Å². The lowest BCUT2D eigenvalue weighted by Gasteiger charge is -2.01. The lowest BCUT2D eigenvalue weighted by molar-refractivity contribution is 0.1000. The summed E-state index contributed by atoms with van der Waals surface area (Å²) in [5.41, 5.74) is 6.88. The molecule has 114 valence electrons. The van der Waals surface area contributed by atoms with Crippen LogP contribution in [0.15, 0.2) is 59.3 Å². The number of rotatable bonds is 4. The number of pyridine rings is 1. The van der Waals surface area contributed by atoms with Gasteiger partial charge in [0.2, 0.25) is 5.91 Å². The van der Waals surface area contributed by atoms with Gasteiger partial charge in [-0.3, -0.25) is 19.9 Å². The van der Waals surface area contributed by atoms with Crippen LogP contribution in [0.2, 0.25) is 0 Å². The first-order valence-electron chi connectivity index (χ1n) is 6.71. The molecule has 0 spiro atoms. The summed E-state index contributed by atoms with van der Waals surface area (Å²) >= 11 is 0. The van der Waals surface area contributed by atoms with Crippen molar-refractivity contribution in [2.45, 2.75) is 0 Å². The molecule has 2 aromatic heterocycles. The minimum Gasteiger partial charge on any atom is -0.431 e. The zero-order valence-electron chi connectivity index (χ0n) is 11.9. The van der Waals surface area contributed by atoms with E-state index in [1.807, 2.05) is 30.3 Å². The van der Waals surface area contributed by atoms with Crippen LogP contribution >= 0.6 is 0 Å². The van der Waals surface area contributed by atoms with Crippen molar-refractivity contribution >= 4 is 17.8 Å². The van der Waals surface area contributed by atoms with Gasteiger partial charge in [-0.15, -0.1) is 0 Å². The van der Waals surface area contributed by atoms with Crippen molar-refractivity contribution in [3.63, 3.8) is 0 Å². The number of nitrogens with zero attached hydrogens (tertiary/aromatic N) is 2. The van der Waals surface area contributed by atoms with Crippen molar-refractivity contribution in [2.24, 2.45) is 5.73 Å². The molecule has 0 radical (unpaired) electrons. The highest BCUT2D eigenvalue weighted by molar-refractivity contribution is 6.03. The van der Waals surface area contributed by atoms with Crippen LogP contribution in [0, 0.1) is 0 Å². The molecular weight excluding hydrogens is 296 g/mol. The van der Waals surface area contributed by atoms with Gasteiger partial charge in [-0.2, -0.15) is 4.98 Å². The molecule has 0 fully saturated rings. The molecule has 0 aliphatic heterocycles. The molecule has 2 heterocycles. The quantitative estimate of drug-likeness (QED) is 0.766. The van der Waals surface area contributed by atoms with Gasteiger partial charge >= 0.3 is 6.01 Å². The third-order valence-electron chi connectivity index (χ3n) is 3.07. The van der Waals surface area contributed by atoms with E-state index in [4.69, 9.17) is 10.2 Å². The van der Waals surface area contributed by atoms with Crippen molar-refractivity contribution in [1.29, 1.82) is 0 Å². The molecule has 3 aromatic rings. The maximum Gasteiger partial charge on any atom is 0.302 e. The number of hydrogen-bond acceptors (Lipinski definition) is 5. The van der Waals surface area contributed by atoms with Crippen LogP contribution in [0.5, 0.6) is 0 Å². The monoisotopic (exact) mass is 308 g/mol. The van der Waals surface area contributed by atoms with Crippen LogP contribution in [0.1, 0.15) is 20.8 Å². The molecule has 7 nitrogen and oxygen atoms in total. The lowest BCUT2D eigenvalue weighted by Crippen LogP contribution is -2.17. The normalized spacial score (nSPS) is 10.3. The van der Waals surface area contributed by atoms with Crippen molar-refractivity contribution in [3.8, 4) is 11.3 Å². The number of primary amides is 1. The molecule has 0 unspecified atom stereocenters. The van der Waals surface area contributed by atoms with E-state index in [9.17, 15) is 9.59 Å². The van der Waals surface area contributed by atoms with Gasteiger partial charge < -0.3 is 10.2 Å². The second kappa shape index (κ2) is 6.10. The molecule has 0 atom stereocenters. The minimum absolute atomic E-state index is 0.0418. The molecule has 3 N–H and O–H groups in total. The number of hydrogen-bond donors (Lipinski definition) is 2. The van der Waals surface area contributed by atoms with Crippen LogP contribution in [-0.2, 0) is 0 Å². The Morgan fingerprint density at radius 3 is 2.65 bits per heavy atom. The number of amides is 2. The Hall–Kier alpha value is -3.48. The molecule has 3 rings (SSSR count). The van der Waals surface area contributed by atoms with Crippen molar-refractivity contribution < 1.29 is 14.0 Å². The highest BCUT2D eigenvalue weighted by Crippen LogP contribution is 2.20. The maximum absolute atomic E-state index is 12.1. The summed E-state index contributed by atoms with van der Waals surface area (Å²) in [6.45, 7) is 0. The standard InChI is InChI=1S/C16H12N4O3/c17-14(21)11-6-7-18-12(8-11)15(22)20-16-19-13(9-23-16)10-4-2-1-3-5-10/h1-9H,(H2,17,21)(H,19,20,22). The number of aromatic nitrogens is 2. The van der Waals surface area contributed by atoms with E-state index in [0.717, 1.165) is 5.56 Å². The smallest absolute Gasteiger partial charge is 0.302 e. The van der Waals surface area contributed by atoms with Gasteiger partial charge in [0, 0.05) is 17.3 Å². The fraction of sp³-hybridized carbons (Fsp3) is 0. The molecule has 2 amide bonds. The Labute approximate surface area is 131 Å². The topological polar surface area (TPSA) is 111 Å². The van der Waals surface area contributed by atoms with Gasteiger partial charge in [0.05, 0.1) is 0 Å². The summed E-state index contributed by atoms with van der Waals surface area (Å²) in [5.74, 6) is -1.18. The number of carbonyl (C=O) groups excluding carboxylic acids is 2. The van der Waals surface area contributed by atoms with E-state index < -0.39 is 11.8 Å².